The van der Waals surface area contributed by atoms with Crippen LogP contribution >= 0.6 is 0 Å². The zero-order valence-corrected chi connectivity index (χ0v) is 13.0. The van der Waals surface area contributed by atoms with E-state index >= 15 is 0 Å². The standard InChI is InChI=1S/C19H23NO2/c1-22-19-5-3-2-4-17(19)13-20(18-10-11-18)12-15-6-8-16(14-21)9-7-15/h2-9,18,21H,10-14H2,1H3. The SMILES string of the molecule is COc1ccccc1CN(Cc1ccc(CO)cc1)C1CC1. The van der Waals surface area contributed by atoms with Gasteiger partial charge in [-0.1, -0.05) is 42.5 Å². The van der Waals surface area contributed by atoms with E-state index in [9.17, 15) is 0 Å². The summed E-state index contributed by atoms with van der Waals surface area (Å²) in [5.74, 6) is 0.962. The fraction of sp³-hybridized carbons (Fsp3) is 0.368. The van der Waals surface area contributed by atoms with Gasteiger partial charge in [0.05, 0.1) is 13.7 Å². The van der Waals surface area contributed by atoms with Crippen molar-refractivity contribution in [2.24, 2.45) is 0 Å². The molecule has 0 atom stereocenters. The first-order chi connectivity index (χ1) is 10.8. The normalized spacial score (nSPS) is 14.3. The molecule has 1 N–H and O–H groups in total. The summed E-state index contributed by atoms with van der Waals surface area (Å²) in [5.41, 5.74) is 3.49. The molecule has 0 unspecified atom stereocenters. The van der Waals surface area contributed by atoms with Crippen LogP contribution in [0.5, 0.6) is 5.75 Å². The second-order valence-electron chi connectivity index (χ2n) is 5.92. The molecule has 3 rings (SSSR count). The molecule has 0 amide bonds. The van der Waals surface area contributed by atoms with Crippen LogP contribution in [0.4, 0.5) is 0 Å². The molecule has 0 heterocycles. The number of aliphatic hydroxyl groups is 1. The maximum Gasteiger partial charge on any atom is 0.123 e. The van der Waals surface area contributed by atoms with Crippen LogP contribution in [0.3, 0.4) is 0 Å². The lowest BCUT2D eigenvalue weighted by molar-refractivity contribution is 0.241. The largest absolute Gasteiger partial charge is 0.496 e. The highest BCUT2D eigenvalue weighted by Gasteiger charge is 2.29. The number of methoxy groups -OCH3 is 1. The Bertz CT molecular complexity index is 605. The summed E-state index contributed by atoms with van der Waals surface area (Å²) in [6, 6.07) is 17.2. The Balaban J connectivity index is 1.72. The fourth-order valence-electron chi connectivity index (χ4n) is 2.79. The minimum atomic E-state index is 0.105. The molecule has 1 aliphatic carbocycles. The Kier molecular flexibility index (Phi) is 4.76. The number of para-hydroxylation sites is 1. The fourth-order valence-corrected chi connectivity index (χ4v) is 2.79. The van der Waals surface area contributed by atoms with Gasteiger partial charge in [-0.2, -0.15) is 0 Å². The zero-order valence-electron chi connectivity index (χ0n) is 13.0. The van der Waals surface area contributed by atoms with E-state index in [1.165, 1.54) is 24.0 Å². The Morgan fingerprint density at radius 1 is 1.00 bits per heavy atom. The number of rotatable bonds is 7. The van der Waals surface area contributed by atoms with Crippen LogP contribution in [0, 0.1) is 0 Å². The van der Waals surface area contributed by atoms with Crippen molar-refractivity contribution in [2.45, 2.75) is 38.6 Å². The van der Waals surface area contributed by atoms with E-state index in [0.717, 1.165) is 24.4 Å². The molecule has 0 aromatic heterocycles. The van der Waals surface area contributed by atoms with Crippen molar-refractivity contribution < 1.29 is 9.84 Å². The van der Waals surface area contributed by atoms with Gasteiger partial charge in [-0.15, -0.1) is 0 Å². The molecule has 1 aliphatic rings. The van der Waals surface area contributed by atoms with E-state index in [1.54, 1.807) is 7.11 Å². The van der Waals surface area contributed by atoms with E-state index in [-0.39, 0.29) is 6.61 Å². The average Bonchev–Trinajstić information content (AvgIpc) is 3.40. The quantitative estimate of drug-likeness (QED) is 0.850. The number of aliphatic hydroxyl groups excluding tert-OH is 1. The summed E-state index contributed by atoms with van der Waals surface area (Å²) in [7, 11) is 1.73. The van der Waals surface area contributed by atoms with E-state index < -0.39 is 0 Å². The summed E-state index contributed by atoms with van der Waals surface area (Å²) < 4.78 is 5.47. The number of ether oxygens (including phenoxy) is 1. The van der Waals surface area contributed by atoms with Crippen molar-refractivity contribution in [1.82, 2.24) is 4.90 Å². The molecule has 0 bridgehead atoms. The van der Waals surface area contributed by atoms with Crippen molar-refractivity contribution in [1.29, 1.82) is 0 Å². The Morgan fingerprint density at radius 3 is 2.32 bits per heavy atom. The molecule has 22 heavy (non-hydrogen) atoms. The number of hydrogen-bond donors (Lipinski definition) is 1. The van der Waals surface area contributed by atoms with E-state index in [2.05, 4.69) is 29.2 Å². The van der Waals surface area contributed by atoms with E-state index in [1.807, 2.05) is 24.3 Å². The second kappa shape index (κ2) is 6.95. The third-order valence-electron chi connectivity index (χ3n) is 4.22. The van der Waals surface area contributed by atoms with Gasteiger partial charge in [0.2, 0.25) is 0 Å². The van der Waals surface area contributed by atoms with Crippen LogP contribution in [0.25, 0.3) is 0 Å². The minimum Gasteiger partial charge on any atom is -0.496 e. The molecule has 2 aromatic carbocycles. The van der Waals surface area contributed by atoms with Gasteiger partial charge >= 0.3 is 0 Å². The van der Waals surface area contributed by atoms with Crippen LogP contribution in [-0.4, -0.2) is 23.2 Å². The Morgan fingerprint density at radius 2 is 1.68 bits per heavy atom. The van der Waals surface area contributed by atoms with Gasteiger partial charge in [0.15, 0.2) is 0 Å². The van der Waals surface area contributed by atoms with Crippen LogP contribution in [0.15, 0.2) is 48.5 Å². The maximum absolute atomic E-state index is 9.14. The molecule has 0 radical (unpaired) electrons. The monoisotopic (exact) mass is 297 g/mol. The van der Waals surface area contributed by atoms with Gasteiger partial charge < -0.3 is 9.84 Å². The Hall–Kier alpha value is -1.84. The van der Waals surface area contributed by atoms with Gasteiger partial charge in [0.25, 0.3) is 0 Å². The molecular formula is C19H23NO2. The molecule has 1 fully saturated rings. The molecule has 1 saturated carbocycles. The summed E-state index contributed by atoms with van der Waals surface area (Å²) in [6.07, 6.45) is 2.56. The third kappa shape index (κ3) is 3.67. The molecule has 0 aliphatic heterocycles. The first-order valence-electron chi connectivity index (χ1n) is 7.85. The maximum atomic E-state index is 9.14. The summed E-state index contributed by atoms with van der Waals surface area (Å²) in [4.78, 5) is 2.52. The topological polar surface area (TPSA) is 32.7 Å². The van der Waals surface area contributed by atoms with Crippen molar-refractivity contribution in [2.75, 3.05) is 7.11 Å². The Labute approximate surface area is 132 Å². The predicted molar refractivity (Wildman–Crippen MR) is 87.6 cm³/mol. The molecule has 2 aromatic rings. The molecule has 0 spiro atoms. The van der Waals surface area contributed by atoms with Crippen molar-refractivity contribution >= 4 is 0 Å². The first kappa shape index (κ1) is 15.1. The lowest BCUT2D eigenvalue weighted by Crippen LogP contribution is -2.25. The third-order valence-corrected chi connectivity index (χ3v) is 4.22. The molecular weight excluding hydrogens is 274 g/mol. The van der Waals surface area contributed by atoms with Gasteiger partial charge in [0, 0.05) is 24.7 Å². The number of benzene rings is 2. The summed E-state index contributed by atoms with van der Waals surface area (Å²) >= 11 is 0. The smallest absolute Gasteiger partial charge is 0.123 e. The lowest BCUT2D eigenvalue weighted by atomic mass is 10.1. The number of nitrogens with zero attached hydrogens (tertiary/aromatic N) is 1. The van der Waals surface area contributed by atoms with Crippen LogP contribution in [0.2, 0.25) is 0 Å². The van der Waals surface area contributed by atoms with E-state index in [0.29, 0.717) is 6.04 Å². The molecule has 3 nitrogen and oxygen atoms in total. The molecule has 116 valence electrons. The minimum absolute atomic E-state index is 0.105. The van der Waals surface area contributed by atoms with Crippen LogP contribution < -0.4 is 4.74 Å². The number of hydrogen-bond acceptors (Lipinski definition) is 3. The highest BCUT2D eigenvalue weighted by molar-refractivity contribution is 5.33. The van der Waals surface area contributed by atoms with Crippen LogP contribution in [-0.2, 0) is 19.7 Å². The highest BCUT2D eigenvalue weighted by Crippen LogP contribution is 2.31. The zero-order chi connectivity index (χ0) is 15.4. The van der Waals surface area contributed by atoms with Gasteiger partial charge in [-0.05, 0) is 30.0 Å². The lowest BCUT2D eigenvalue weighted by Gasteiger charge is -2.23. The van der Waals surface area contributed by atoms with Crippen molar-refractivity contribution in [3.8, 4) is 5.75 Å². The van der Waals surface area contributed by atoms with E-state index in [4.69, 9.17) is 9.84 Å². The second-order valence-corrected chi connectivity index (χ2v) is 5.92. The van der Waals surface area contributed by atoms with Crippen molar-refractivity contribution in [3.05, 3.63) is 65.2 Å². The summed E-state index contributed by atoms with van der Waals surface area (Å²) in [5, 5.41) is 9.14. The average molecular weight is 297 g/mol. The van der Waals surface area contributed by atoms with Gasteiger partial charge in [-0.25, -0.2) is 0 Å². The summed E-state index contributed by atoms with van der Waals surface area (Å²) in [6.45, 7) is 1.96. The molecule has 0 saturated heterocycles. The van der Waals surface area contributed by atoms with Gasteiger partial charge in [0.1, 0.15) is 5.75 Å². The van der Waals surface area contributed by atoms with Crippen molar-refractivity contribution in [3.63, 3.8) is 0 Å². The predicted octanol–water partition coefficient (Wildman–Crippen LogP) is 3.35. The van der Waals surface area contributed by atoms with Gasteiger partial charge in [-0.3, -0.25) is 4.90 Å². The van der Waals surface area contributed by atoms with Crippen LogP contribution in [0.1, 0.15) is 29.5 Å². The first-order valence-corrected chi connectivity index (χ1v) is 7.85. The highest BCUT2D eigenvalue weighted by atomic mass is 16.5. The molecule has 3 heteroatoms.